The average Bonchev–Trinajstić information content (AvgIpc) is 3.26. The molecule has 3 aromatic carbocycles. The number of primary amides is 1. The van der Waals surface area contributed by atoms with Crippen LogP contribution in [0, 0.1) is 0 Å². The van der Waals surface area contributed by atoms with Crippen molar-refractivity contribution in [2.75, 3.05) is 6.54 Å². The molecule has 65 heavy (non-hydrogen) atoms. The Labute approximate surface area is 376 Å². The molecule has 3 rings (SSSR count). The summed E-state index contributed by atoms with van der Waals surface area (Å²) in [6.07, 6.45) is -1.42. The highest BCUT2D eigenvalue weighted by Gasteiger charge is 2.35. The third kappa shape index (κ3) is 18.4. The molecule has 0 unspecified atom stereocenters. The first-order valence-corrected chi connectivity index (χ1v) is 21.2. The van der Waals surface area contributed by atoms with Gasteiger partial charge in [0.05, 0.1) is 12.1 Å². The van der Waals surface area contributed by atoms with E-state index in [1.54, 1.807) is 72.8 Å². The van der Waals surface area contributed by atoms with Crippen LogP contribution in [0.2, 0.25) is 0 Å². The number of nitrogens with one attached hydrogen (secondary N) is 6. The molecule has 20 heteroatoms. The number of hydrogen-bond donors (Lipinski definition) is 12. The molecule has 0 aliphatic heterocycles. The van der Waals surface area contributed by atoms with Crippen molar-refractivity contribution in [1.82, 2.24) is 31.9 Å². The van der Waals surface area contributed by atoms with Crippen LogP contribution < -0.4 is 49.1 Å². The number of carbonyl (C=O) groups is 8. The second-order valence-electron chi connectivity index (χ2n) is 15.7. The molecular weight excluding hydrogens is 843 g/mol. The SMILES string of the molecule is C[C@H](NC(=O)[C@@H](N)Cc1ccc(O)cc1)C(=O)N[C@H](C(=O)N[C@@H](CCC(N)=O)C(=O)N[C@@H](Cc1ccccc1)C(=O)N[C@@H](Cc1ccccc1)C(=O)N[C@@H](CCCCN)C(=O)O)[C@@H](C)O. The Hall–Kier alpha value is -6.90. The minimum atomic E-state index is -1.69. The number of phenols is 1. The zero-order chi connectivity index (χ0) is 48.1. The Kier molecular flexibility index (Phi) is 21.5. The number of unbranched alkanes of at least 4 members (excludes halogenated alkanes) is 1. The zero-order valence-corrected chi connectivity index (χ0v) is 36.4. The van der Waals surface area contributed by atoms with Gasteiger partial charge in [0.2, 0.25) is 41.4 Å². The number of hydrogen-bond acceptors (Lipinski definition) is 12. The number of aliphatic carboxylic acids is 1. The lowest BCUT2D eigenvalue weighted by molar-refractivity contribution is -0.142. The number of rotatable bonds is 27. The van der Waals surface area contributed by atoms with Crippen molar-refractivity contribution < 1.29 is 53.7 Å². The molecule has 3 aromatic rings. The number of aromatic hydroxyl groups is 1. The molecule has 0 bridgehead atoms. The number of carbonyl (C=O) groups excluding carboxylic acids is 7. The Morgan fingerprint density at radius 3 is 1.51 bits per heavy atom. The molecule has 0 spiro atoms. The van der Waals surface area contributed by atoms with E-state index in [2.05, 4.69) is 31.9 Å². The topological polar surface area (TPSA) is 347 Å². The van der Waals surface area contributed by atoms with E-state index in [0.29, 0.717) is 36.1 Å². The molecule has 0 fully saturated rings. The van der Waals surface area contributed by atoms with Crippen LogP contribution in [0.15, 0.2) is 84.9 Å². The second kappa shape index (κ2) is 26.7. The van der Waals surface area contributed by atoms with Crippen molar-refractivity contribution in [2.45, 2.75) is 114 Å². The van der Waals surface area contributed by atoms with Crippen molar-refractivity contribution in [3.05, 3.63) is 102 Å². The van der Waals surface area contributed by atoms with Gasteiger partial charge in [0.25, 0.3) is 0 Å². The molecule has 0 heterocycles. The Bertz CT molecular complexity index is 2060. The summed E-state index contributed by atoms with van der Waals surface area (Å²) in [7, 11) is 0. The van der Waals surface area contributed by atoms with Crippen LogP contribution in [0.1, 0.15) is 62.6 Å². The van der Waals surface area contributed by atoms with Gasteiger partial charge in [-0.1, -0.05) is 72.8 Å². The number of phenolic OH excluding ortho intramolecular Hbond substituents is 1. The maximum Gasteiger partial charge on any atom is 0.326 e. The molecule has 0 saturated carbocycles. The number of aliphatic hydroxyl groups is 1. The van der Waals surface area contributed by atoms with Gasteiger partial charge in [-0.2, -0.15) is 0 Å². The molecule has 0 aromatic heterocycles. The molecule has 7 amide bonds. The first kappa shape index (κ1) is 52.4. The van der Waals surface area contributed by atoms with Crippen LogP contribution in [-0.2, 0) is 57.6 Å². The maximum atomic E-state index is 14.2. The summed E-state index contributed by atoms with van der Waals surface area (Å²) in [4.78, 5) is 106. The summed E-state index contributed by atoms with van der Waals surface area (Å²) in [6.45, 7) is 2.84. The van der Waals surface area contributed by atoms with Crippen molar-refractivity contribution in [1.29, 1.82) is 0 Å². The van der Waals surface area contributed by atoms with Gasteiger partial charge >= 0.3 is 5.97 Å². The van der Waals surface area contributed by atoms with E-state index in [4.69, 9.17) is 17.2 Å². The third-order valence-electron chi connectivity index (χ3n) is 10.2. The van der Waals surface area contributed by atoms with Gasteiger partial charge in [0.1, 0.15) is 42.0 Å². The summed E-state index contributed by atoms with van der Waals surface area (Å²) in [6, 6.07) is 13.6. The van der Waals surface area contributed by atoms with E-state index in [1.165, 1.54) is 26.0 Å². The van der Waals surface area contributed by atoms with Crippen LogP contribution in [0.25, 0.3) is 0 Å². The Morgan fingerprint density at radius 2 is 1.03 bits per heavy atom. The van der Waals surface area contributed by atoms with E-state index < -0.39 is 102 Å². The van der Waals surface area contributed by atoms with Gasteiger partial charge in [-0.3, -0.25) is 33.6 Å². The highest BCUT2D eigenvalue weighted by molar-refractivity contribution is 5.97. The number of aliphatic hydroxyl groups excluding tert-OH is 1. The van der Waals surface area contributed by atoms with Gasteiger partial charge in [0, 0.05) is 19.3 Å². The standard InChI is InChI=1S/C45H61N9O11/c1-26(49-40(59)32(47)23-30-16-18-31(56)19-17-30)39(58)54-38(27(2)55)44(63)50-33(20-21-37(48)57)41(60)52-36(25-29-13-7-4-8-14-29)43(62)53-35(24-28-11-5-3-6-12-28)42(61)51-34(45(64)65)15-9-10-22-46/h3-8,11-14,16-19,26-27,32-36,38,55-56H,9-10,15,20-25,46-47H2,1-2H3,(H2,48,57)(H,49,59)(H,50,63)(H,51,61)(H,52,60)(H,53,62)(H,54,58)(H,64,65)/t26-,27+,32-,33-,34-,35-,36-,38-/m0/s1. The largest absolute Gasteiger partial charge is 0.508 e. The van der Waals surface area contributed by atoms with Crippen LogP contribution in [0.3, 0.4) is 0 Å². The molecule has 0 radical (unpaired) electrons. The van der Waals surface area contributed by atoms with Crippen molar-refractivity contribution >= 4 is 47.3 Å². The summed E-state index contributed by atoms with van der Waals surface area (Å²) in [5.74, 6) is -7.36. The van der Waals surface area contributed by atoms with E-state index in [-0.39, 0.29) is 37.9 Å². The monoisotopic (exact) mass is 903 g/mol. The lowest BCUT2D eigenvalue weighted by atomic mass is 10.0. The minimum Gasteiger partial charge on any atom is -0.508 e. The van der Waals surface area contributed by atoms with Crippen molar-refractivity contribution in [3.8, 4) is 5.75 Å². The number of carboxylic acid groups (broad SMARTS) is 1. The fraction of sp³-hybridized carbons (Fsp3) is 0.422. The molecule has 0 saturated heterocycles. The summed E-state index contributed by atoms with van der Waals surface area (Å²) in [5, 5.41) is 44.9. The highest BCUT2D eigenvalue weighted by Crippen LogP contribution is 2.12. The van der Waals surface area contributed by atoms with E-state index in [9.17, 15) is 53.7 Å². The lowest BCUT2D eigenvalue weighted by Crippen LogP contribution is -2.61. The van der Waals surface area contributed by atoms with Gasteiger partial charge in [-0.25, -0.2) is 4.79 Å². The van der Waals surface area contributed by atoms with Gasteiger partial charge < -0.3 is 64.4 Å². The van der Waals surface area contributed by atoms with Crippen LogP contribution in [-0.4, -0.2) is 118 Å². The number of benzene rings is 3. The van der Waals surface area contributed by atoms with Gasteiger partial charge in [-0.05, 0) is 81.3 Å². The zero-order valence-electron chi connectivity index (χ0n) is 36.4. The quantitative estimate of drug-likeness (QED) is 0.0390. The highest BCUT2D eigenvalue weighted by atomic mass is 16.4. The summed E-state index contributed by atoms with van der Waals surface area (Å²) >= 11 is 0. The number of amides is 7. The van der Waals surface area contributed by atoms with Crippen molar-refractivity contribution in [3.63, 3.8) is 0 Å². The fourth-order valence-corrected chi connectivity index (χ4v) is 6.55. The first-order chi connectivity index (χ1) is 30.9. The Morgan fingerprint density at radius 1 is 0.554 bits per heavy atom. The molecule has 0 aliphatic carbocycles. The van der Waals surface area contributed by atoms with E-state index >= 15 is 0 Å². The average molecular weight is 904 g/mol. The van der Waals surface area contributed by atoms with E-state index in [0.717, 1.165) is 0 Å². The van der Waals surface area contributed by atoms with Crippen LogP contribution in [0.4, 0.5) is 0 Å². The normalized spacial score (nSPS) is 14.7. The second-order valence-corrected chi connectivity index (χ2v) is 15.7. The van der Waals surface area contributed by atoms with Gasteiger partial charge in [-0.15, -0.1) is 0 Å². The van der Waals surface area contributed by atoms with Crippen molar-refractivity contribution in [2.24, 2.45) is 17.2 Å². The molecule has 352 valence electrons. The third-order valence-corrected chi connectivity index (χ3v) is 10.2. The molecule has 20 nitrogen and oxygen atoms in total. The van der Waals surface area contributed by atoms with Crippen LogP contribution in [0.5, 0.6) is 5.75 Å². The lowest BCUT2D eigenvalue weighted by Gasteiger charge is -2.28. The molecule has 15 N–H and O–H groups in total. The summed E-state index contributed by atoms with van der Waals surface area (Å²) in [5.41, 5.74) is 18.9. The number of nitrogens with two attached hydrogens (primary N) is 3. The molecular formula is C45H61N9O11. The van der Waals surface area contributed by atoms with E-state index in [1.807, 2.05) is 0 Å². The predicted octanol–water partition coefficient (Wildman–Crippen LogP) is -1.46. The molecule has 0 aliphatic rings. The predicted molar refractivity (Wildman–Crippen MR) is 238 cm³/mol. The maximum absolute atomic E-state index is 14.2. The summed E-state index contributed by atoms with van der Waals surface area (Å²) < 4.78 is 0. The fourth-order valence-electron chi connectivity index (χ4n) is 6.55. The van der Waals surface area contributed by atoms with Crippen LogP contribution >= 0.6 is 0 Å². The molecule has 8 atom stereocenters. The smallest absolute Gasteiger partial charge is 0.326 e. The minimum absolute atomic E-state index is 0.0273. The Balaban J connectivity index is 1.83. The van der Waals surface area contributed by atoms with Gasteiger partial charge in [0.15, 0.2) is 0 Å². The first-order valence-electron chi connectivity index (χ1n) is 21.2. The number of carboxylic acids is 1.